The Morgan fingerprint density at radius 1 is 1.33 bits per heavy atom. The standard InChI is InChI=1S/C16H19N3O4S/c1-10(2)19-15(22)11-6-4-5-7-12(11)18-16(19)24-9-13(20)17-8-14(21)23-3/h4-7,10H,8-9H2,1-3H3,(H,17,20). The van der Waals surface area contributed by atoms with Gasteiger partial charge in [-0.3, -0.25) is 19.0 Å². The predicted molar refractivity (Wildman–Crippen MR) is 92.1 cm³/mol. The van der Waals surface area contributed by atoms with E-state index in [9.17, 15) is 14.4 Å². The van der Waals surface area contributed by atoms with Crippen molar-refractivity contribution in [3.05, 3.63) is 34.6 Å². The van der Waals surface area contributed by atoms with Gasteiger partial charge in [-0.1, -0.05) is 23.9 Å². The van der Waals surface area contributed by atoms with Gasteiger partial charge < -0.3 is 10.1 Å². The lowest BCUT2D eigenvalue weighted by Gasteiger charge is -2.15. The maximum absolute atomic E-state index is 12.6. The van der Waals surface area contributed by atoms with E-state index in [0.717, 1.165) is 11.8 Å². The van der Waals surface area contributed by atoms with Crippen LogP contribution in [-0.2, 0) is 14.3 Å². The summed E-state index contributed by atoms with van der Waals surface area (Å²) in [5, 5.41) is 3.48. The molecule has 128 valence electrons. The number of hydrogen-bond donors (Lipinski definition) is 1. The number of hydrogen-bond acceptors (Lipinski definition) is 6. The fourth-order valence-electron chi connectivity index (χ4n) is 2.11. The van der Waals surface area contributed by atoms with Crippen molar-refractivity contribution in [3.8, 4) is 0 Å². The Morgan fingerprint density at radius 3 is 2.71 bits per heavy atom. The first-order valence-corrected chi connectivity index (χ1v) is 8.40. The third-order valence-corrected chi connectivity index (χ3v) is 4.23. The summed E-state index contributed by atoms with van der Waals surface area (Å²) in [5.41, 5.74) is 0.463. The van der Waals surface area contributed by atoms with Crippen LogP contribution in [0.1, 0.15) is 19.9 Å². The summed E-state index contributed by atoms with van der Waals surface area (Å²) in [4.78, 5) is 40.0. The Bertz CT molecular complexity index is 817. The number of ether oxygens (including phenoxy) is 1. The van der Waals surface area contributed by atoms with Crippen molar-refractivity contribution < 1.29 is 14.3 Å². The smallest absolute Gasteiger partial charge is 0.325 e. The van der Waals surface area contributed by atoms with Crippen LogP contribution in [-0.4, -0.2) is 40.8 Å². The van der Waals surface area contributed by atoms with Crippen molar-refractivity contribution in [2.45, 2.75) is 25.0 Å². The van der Waals surface area contributed by atoms with Gasteiger partial charge in [-0.05, 0) is 26.0 Å². The number of benzene rings is 1. The molecule has 8 heteroatoms. The first kappa shape index (κ1) is 18.0. The third kappa shape index (κ3) is 4.14. The monoisotopic (exact) mass is 349 g/mol. The van der Waals surface area contributed by atoms with E-state index in [-0.39, 0.29) is 29.8 Å². The highest BCUT2D eigenvalue weighted by Gasteiger charge is 2.15. The van der Waals surface area contributed by atoms with Crippen molar-refractivity contribution in [2.75, 3.05) is 19.4 Å². The summed E-state index contributed by atoms with van der Waals surface area (Å²) < 4.78 is 6.03. The van der Waals surface area contributed by atoms with Gasteiger partial charge in [0.2, 0.25) is 5.91 Å². The zero-order valence-electron chi connectivity index (χ0n) is 13.7. The van der Waals surface area contributed by atoms with Gasteiger partial charge >= 0.3 is 5.97 Å². The summed E-state index contributed by atoms with van der Waals surface area (Å²) in [6.45, 7) is 3.59. The number of esters is 1. The molecular weight excluding hydrogens is 330 g/mol. The number of nitrogens with one attached hydrogen (secondary N) is 1. The van der Waals surface area contributed by atoms with Crippen LogP contribution in [0.25, 0.3) is 10.9 Å². The second kappa shape index (κ2) is 7.96. The van der Waals surface area contributed by atoms with Crippen LogP contribution in [0.4, 0.5) is 0 Å². The molecule has 0 unspecified atom stereocenters. The van der Waals surface area contributed by atoms with Gasteiger partial charge in [0.1, 0.15) is 6.54 Å². The van der Waals surface area contributed by atoms with Crippen molar-refractivity contribution >= 4 is 34.5 Å². The number of para-hydroxylation sites is 1. The number of nitrogens with zero attached hydrogens (tertiary/aromatic N) is 2. The summed E-state index contributed by atoms with van der Waals surface area (Å²) in [6, 6.07) is 7.02. The fourth-order valence-corrected chi connectivity index (χ4v) is 3.06. The highest BCUT2D eigenvalue weighted by molar-refractivity contribution is 7.99. The summed E-state index contributed by atoms with van der Waals surface area (Å²) in [7, 11) is 1.25. The molecule has 0 spiro atoms. The molecule has 0 bridgehead atoms. The molecule has 0 saturated carbocycles. The Kier molecular flexibility index (Phi) is 5.97. The summed E-state index contributed by atoms with van der Waals surface area (Å²) in [6.07, 6.45) is 0. The second-order valence-electron chi connectivity index (χ2n) is 5.32. The largest absolute Gasteiger partial charge is 0.468 e. The molecular formula is C16H19N3O4S. The number of carbonyl (C=O) groups is 2. The minimum absolute atomic E-state index is 0.0501. The average molecular weight is 349 g/mol. The Balaban J connectivity index is 2.22. The summed E-state index contributed by atoms with van der Waals surface area (Å²) in [5.74, 6) is -0.798. The van der Waals surface area contributed by atoms with E-state index in [0.29, 0.717) is 16.1 Å². The molecule has 0 aliphatic rings. The van der Waals surface area contributed by atoms with Gasteiger partial charge in [-0.25, -0.2) is 4.98 Å². The van der Waals surface area contributed by atoms with E-state index in [1.165, 1.54) is 7.11 Å². The van der Waals surface area contributed by atoms with Crippen molar-refractivity contribution in [1.29, 1.82) is 0 Å². The highest BCUT2D eigenvalue weighted by Crippen LogP contribution is 2.20. The lowest BCUT2D eigenvalue weighted by atomic mass is 10.2. The number of aromatic nitrogens is 2. The van der Waals surface area contributed by atoms with Crippen LogP contribution in [0, 0.1) is 0 Å². The molecule has 0 fully saturated rings. The zero-order chi connectivity index (χ0) is 17.7. The Hall–Kier alpha value is -2.35. The average Bonchev–Trinajstić information content (AvgIpc) is 2.57. The van der Waals surface area contributed by atoms with Crippen molar-refractivity contribution in [1.82, 2.24) is 14.9 Å². The molecule has 0 radical (unpaired) electrons. The molecule has 2 aromatic rings. The normalized spacial score (nSPS) is 10.8. The van der Waals surface area contributed by atoms with Crippen LogP contribution < -0.4 is 10.9 Å². The van der Waals surface area contributed by atoms with Crippen LogP contribution in [0.15, 0.2) is 34.2 Å². The first-order valence-electron chi connectivity index (χ1n) is 7.41. The van der Waals surface area contributed by atoms with Gasteiger partial charge in [0, 0.05) is 6.04 Å². The molecule has 0 saturated heterocycles. The number of carbonyl (C=O) groups excluding carboxylic acids is 2. The second-order valence-corrected chi connectivity index (χ2v) is 6.26. The molecule has 24 heavy (non-hydrogen) atoms. The number of rotatable bonds is 6. The predicted octanol–water partition coefficient (Wildman–Crippen LogP) is 1.36. The summed E-state index contributed by atoms with van der Waals surface area (Å²) >= 11 is 1.16. The third-order valence-electron chi connectivity index (χ3n) is 3.28. The zero-order valence-corrected chi connectivity index (χ0v) is 14.6. The van der Waals surface area contributed by atoms with E-state index in [1.54, 1.807) is 22.8 Å². The van der Waals surface area contributed by atoms with Crippen LogP contribution in [0.5, 0.6) is 0 Å². The lowest BCUT2D eigenvalue weighted by molar-refractivity contribution is -0.140. The number of thioether (sulfide) groups is 1. The maximum atomic E-state index is 12.6. The van der Waals surface area contributed by atoms with Gasteiger partial charge in [-0.15, -0.1) is 0 Å². The number of fused-ring (bicyclic) bond motifs is 1. The molecule has 1 N–H and O–H groups in total. The van der Waals surface area contributed by atoms with Crippen molar-refractivity contribution in [2.24, 2.45) is 0 Å². The molecule has 7 nitrogen and oxygen atoms in total. The van der Waals surface area contributed by atoms with E-state index in [2.05, 4.69) is 15.0 Å². The molecule has 0 aliphatic heterocycles. The molecule has 0 aliphatic carbocycles. The van der Waals surface area contributed by atoms with E-state index >= 15 is 0 Å². The maximum Gasteiger partial charge on any atom is 0.325 e. The molecule has 0 atom stereocenters. The topological polar surface area (TPSA) is 90.3 Å². The SMILES string of the molecule is COC(=O)CNC(=O)CSc1nc2ccccc2c(=O)n1C(C)C. The van der Waals surface area contributed by atoms with Crippen LogP contribution in [0.2, 0.25) is 0 Å². The van der Waals surface area contributed by atoms with Gasteiger partial charge in [-0.2, -0.15) is 0 Å². The van der Waals surface area contributed by atoms with Crippen LogP contribution in [0.3, 0.4) is 0 Å². The first-order chi connectivity index (χ1) is 11.4. The van der Waals surface area contributed by atoms with E-state index in [1.807, 2.05) is 19.9 Å². The van der Waals surface area contributed by atoms with Gasteiger partial charge in [0.25, 0.3) is 5.56 Å². The Labute approximate surface area is 143 Å². The molecule has 1 heterocycles. The quantitative estimate of drug-likeness (QED) is 0.481. The molecule has 2 rings (SSSR count). The number of methoxy groups -OCH3 is 1. The molecule has 1 aromatic heterocycles. The lowest BCUT2D eigenvalue weighted by Crippen LogP contribution is -2.32. The minimum atomic E-state index is -0.517. The van der Waals surface area contributed by atoms with Gasteiger partial charge in [0.05, 0.1) is 23.8 Å². The molecule has 1 aromatic carbocycles. The number of amides is 1. The fraction of sp³-hybridized carbons (Fsp3) is 0.375. The highest BCUT2D eigenvalue weighted by atomic mass is 32.2. The van der Waals surface area contributed by atoms with Gasteiger partial charge in [0.15, 0.2) is 5.16 Å². The minimum Gasteiger partial charge on any atom is -0.468 e. The van der Waals surface area contributed by atoms with Crippen molar-refractivity contribution in [3.63, 3.8) is 0 Å². The Morgan fingerprint density at radius 2 is 2.04 bits per heavy atom. The van der Waals surface area contributed by atoms with Crippen LogP contribution >= 0.6 is 11.8 Å². The van der Waals surface area contributed by atoms with E-state index in [4.69, 9.17) is 0 Å². The van der Waals surface area contributed by atoms with E-state index < -0.39 is 5.97 Å². The molecule has 1 amide bonds.